The number of nitrogens with two attached hydrogens (primary N) is 1. The monoisotopic (exact) mass is 304 g/mol. The molecule has 0 aromatic heterocycles. The summed E-state index contributed by atoms with van der Waals surface area (Å²) in [5.41, 5.74) is 5.75. The van der Waals surface area contributed by atoms with E-state index in [1.54, 1.807) is 4.90 Å². The van der Waals surface area contributed by atoms with E-state index in [-0.39, 0.29) is 0 Å². The van der Waals surface area contributed by atoms with Gasteiger partial charge >= 0.3 is 11.8 Å². The number of amides is 2. The molecule has 0 saturated carbocycles. The summed E-state index contributed by atoms with van der Waals surface area (Å²) in [7, 11) is 0. The second kappa shape index (κ2) is 6.89. The molecular weight excluding hydrogens is 280 g/mol. The average molecular weight is 304 g/mol. The van der Waals surface area contributed by atoms with E-state index in [9.17, 15) is 9.59 Å². The van der Waals surface area contributed by atoms with Crippen LogP contribution in [0.4, 0.5) is 0 Å². The second-order valence-corrected chi connectivity index (χ2v) is 5.82. The SMILES string of the molecule is Cc1ccc(C(C)N2CCN(C(=O)C(=O)NN)CC2)cc1C. The van der Waals surface area contributed by atoms with E-state index in [0.717, 1.165) is 13.1 Å². The van der Waals surface area contributed by atoms with Crippen molar-refractivity contribution in [1.29, 1.82) is 0 Å². The Hall–Kier alpha value is -1.92. The molecule has 0 spiro atoms. The summed E-state index contributed by atoms with van der Waals surface area (Å²) in [6.45, 7) is 8.98. The lowest BCUT2D eigenvalue weighted by Gasteiger charge is -2.38. The van der Waals surface area contributed by atoms with Crippen LogP contribution in [-0.4, -0.2) is 47.8 Å². The first kappa shape index (κ1) is 16.5. The number of rotatable bonds is 2. The standard InChI is InChI=1S/C16H24N4O2/c1-11-4-5-14(10-12(11)2)13(3)19-6-8-20(9-7-19)16(22)15(21)18-17/h4-5,10,13H,6-9,17H2,1-3H3,(H,18,21). The molecule has 3 N–H and O–H groups in total. The zero-order chi connectivity index (χ0) is 16.3. The Morgan fingerprint density at radius 1 is 1.14 bits per heavy atom. The van der Waals surface area contributed by atoms with Gasteiger partial charge in [-0.3, -0.25) is 19.9 Å². The summed E-state index contributed by atoms with van der Waals surface area (Å²) < 4.78 is 0. The molecule has 1 aliphatic heterocycles. The summed E-state index contributed by atoms with van der Waals surface area (Å²) in [5.74, 6) is 3.69. The molecule has 6 nitrogen and oxygen atoms in total. The Labute approximate surface area is 131 Å². The molecule has 22 heavy (non-hydrogen) atoms. The number of aryl methyl sites for hydroxylation is 2. The lowest BCUT2D eigenvalue weighted by atomic mass is 10.0. The van der Waals surface area contributed by atoms with Crippen molar-refractivity contribution in [3.05, 3.63) is 34.9 Å². The van der Waals surface area contributed by atoms with Gasteiger partial charge in [-0.25, -0.2) is 5.84 Å². The van der Waals surface area contributed by atoms with Crippen molar-refractivity contribution in [2.24, 2.45) is 5.84 Å². The Bertz CT molecular complexity index is 565. The quantitative estimate of drug-likeness (QED) is 0.361. The Morgan fingerprint density at radius 2 is 1.77 bits per heavy atom. The predicted octanol–water partition coefficient (Wildman–Crippen LogP) is 0.499. The third-order valence-corrected chi connectivity index (χ3v) is 4.49. The van der Waals surface area contributed by atoms with Gasteiger partial charge in [-0.2, -0.15) is 0 Å². The van der Waals surface area contributed by atoms with E-state index in [1.165, 1.54) is 16.7 Å². The van der Waals surface area contributed by atoms with E-state index in [2.05, 4.69) is 43.9 Å². The molecule has 1 aromatic rings. The maximum absolute atomic E-state index is 11.8. The van der Waals surface area contributed by atoms with Gasteiger partial charge < -0.3 is 4.90 Å². The van der Waals surface area contributed by atoms with Crippen LogP contribution in [0.15, 0.2) is 18.2 Å². The van der Waals surface area contributed by atoms with E-state index in [1.807, 2.05) is 5.43 Å². The summed E-state index contributed by atoms with van der Waals surface area (Å²) >= 11 is 0. The van der Waals surface area contributed by atoms with Crippen LogP contribution < -0.4 is 11.3 Å². The second-order valence-electron chi connectivity index (χ2n) is 5.82. The van der Waals surface area contributed by atoms with Crippen molar-refractivity contribution in [3.63, 3.8) is 0 Å². The van der Waals surface area contributed by atoms with Crippen LogP contribution in [0.25, 0.3) is 0 Å². The van der Waals surface area contributed by atoms with Crippen molar-refractivity contribution in [2.75, 3.05) is 26.2 Å². The van der Waals surface area contributed by atoms with Gasteiger partial charge in [-0.1, -0.05) is 18.2 Å². The molecule has 1 saturated heterocycles. The van der Waals surface area contributed by atoms with Crippen LogP contribution in [-0.2, 0) is 9.59 Å². The fraction of sp³-hybridized carbons (Fsp3) is 0.500. The number of hydrazine groups is 1. The third kappa shape index (κ3) is 3.45. The number of carbonyl (C=O) groups excluding carboxylic acids is 2. The minimum atomic E-state index is -0.754. The van der Waals surface area contributed by atoms with Gasteiger partial charge in [0.15, 0.2) is 0 Å². The summed E-state index contributed by atoms with van der Waals surface area (Å²) in [6.07, 6.45) is 0. The van der Waals surface area contributed by atoms with E-state index in [0.29, 0.717) is 19.1 Å². The Morgan fingerprint density at radius 3 is 2.32 bits per heavy atom. The molecule has 1 heterocycles. The molecule has 1 aliphatic rings. The highest BCUT2D eigenvalue weighted by Gasteiger charge is 2.27. The highest BCUT2D eigenvalue weighted by molar-refractivity contribution is 6.34. The number of hydrogen-bond acceptors (Lipinski definition) is 4. The summed E-state index contributed by atoms with van der Waals surface area (Å²) in [6, 6.07) is 6.82. The van der Waals surface area contributed by atoms with Gasteiger partial charge in [0.25, 0.3) is 0 Å². The van der Waals surface area contributed by atoms with Gasteiger partial charge in [0, 0.05) is 32.2 Å². The first-order valence-electron chi connectivity index (χ1n) is 7.55. The van der Waals surface area contributed by atoms with E-state index < -0.39 is 11.8 Å². The molecular formula is C16H24N4O2. The number of piperazine rings is 1. The Kier molecular flexibility index (Phi) is 5.15. The van der Waals surface area contributed by atoms with Gasteiger partial charge in [-0.05, 0) is 37.5 Å². The van der Waals surface area contributed by atoms with Crippen LogP contribution in [0.1, 0.15) is 29.7 Å². The maximum atomic E-state index is 11.8. The first-order chi connectivity index (χ1) is 10.4. The zero-order valence-corrected chi connectivity index (χ0v) is 13.4. The van der Waals surface area contributed by atoms with Crippen LogP contribution in [0.5, 0.6) is 0 Å². The number of benzene rings is 1. The number of nitrogens with zero attached hydrogens (tertiary/aromatic N) is 2. The van der Waals surface area contributed by atoms with Crippen molar-refractivity contribution >= 4 is 11.8 Å². The fourth-order valence-electron chi connectivity index (χ4n) is 2.75. The number of carbonyl (C=O) groups is 2. The molecule has 6 heteroatoms. The van der Waals surface area contributed by atoms with Crippen molar-refractivity contribution in [1.82, 2.24) is 15.2 Å². The normalized spacial score (nSPS) is 17.2. The molecule has 1 unspecified atom stereocenters. The van der Waals surface area contributed by atoms with Gasteiger partial charge in [0.1, 0.15) is 0 Å². The first-order valence-corrected chi connectivity index (χ1v) is 7.55. The number of hydrogen-bond donors (Lipinski definition) is 2. The molecule has 2 amide bonds. The van der Waals surface area contributed by atoms with Crippen LogP contribution in [0, 0.1) is 13.8 Å². The van der Waals surface area contributed by atoms with E-state index in [4.69, 9.17) is 5.84 Å². The zero-order valence-electron chi connectivity index (χ0n) is 13.4. The van der Waals surface area contributed by atoms with Crippen LogP contribution >= 0.6 is 0 Å². The molecule has 0 bridgehead atoms. The minimum absolute atomic E-state index is 0.292. The Balaban J connectivity index is 1.97. The maximum Gasteiger partial charge on any atom is 0.323 e. The molecule has 1 atom stereocenters. The van der Waals surface area contributed by atoms with Crippen LogP contribution in [0.2, 0.25) is 0 Å². The summed E-state index contributed by atoms with van der Waals surface area (Å²) in [4.78, 5) is 26.9. The highest BCUT2D eigenvalue weighted by Crippen LogP contribution is 2.23. The smallest absolute Gasteiger partial charge is 0.323 e. The molecule has 0 radical (unpaired) electrons. The van der Waals surface area contributed by atoms with Gasteiger partial charge in [0.05, 0.1) is 0 Å². The topological polar surface area (TPSA) is 78.7 Å². The van der Waals surface area contributed by atoms with E-state index >= 15 is 0 Å². The molecule has 0 aliphatic carbocycles. The van der Waals surface area contributed by atoms with Crippen molar-refractivity contribution < 1.29 is 9.59 Å². The molecule has 2 rings (SSSR count). The minimum Gasteiger partial charge on any atom is -0.332 e. The number of nitrogens with one attached hydrogen (secondary N) is 1. The molecule has 1 fully saturated rings. The summed E-state index contributed by atoms with van der Waals surface area (Å²) in [5, 5.41) is 0. The predicted molar refractivity (Wildman–Crippen MR) is 84.8 cm³/mol. The average Bonchev–Trinajstić information content (AvgIpc) is 2.55. The fourth-order valence-corrected chi connectivity index (χ4v) is 2.75. The largest absolute Gasteiger partial charge is 0.332 e. The van der Waals surface area contributed by atoms with Crippen LogP contribution in [0.3, 0.4) is 0 Å². The van der Waals surface area contributed by atoms with Gasteiger partial charge in [0.2, 0.25) is 0 Å². The van der Waals surface area contributed by atoms with Crippen molar-refractivity contribution in [2.45, 2.75) is 26.8 Å². The molecule has 1 aromatic carbocycles. The van der Waals surface area contributed by atoms with Gasteiger partial charge in [-0.15, -0.1) is 0 Å². The lowest BCUT2D eigenvalue weighted by Crippen LogP contribution is -2.53. The third-order valence-electron chi connectivity index (χ3n) is 4.49. The van der Waals surface area contributed by atoms with Crippen molar-refractivity contribution in [3.8, 4) is 0 Å². The highest BCUT2D eigenvalue weighted by atomic mass is 16.2. The molecule has 120 valence electrons. The lowest BCUT2D eigenvalue weighted by molar-refractivity contribution is -0.147.